The number of amides is 1. The lowest BCUT2D eigenvalue weighted by Crippen LogP contribution is -2.30. The molecule has 4 nitrogen and oxygen atoms in total. The molecule has 0 fully saturated rings. The Labute approximate surface area is 112 Å². The van der Waals surface area contributed by atoms with Crippen LogP contribution in [0, 0.1) is 11.3 Å². The first-order valence-corrected chi connectivity index (χ1v) is 6.38. The highest BCUT2D eigenvalue weighted by molar-refractivity contribution is 5.82. The summed E-state index contributed by atoms with van der Waals surface area (Å²) in [4.78, 5) is 11.6. The molecule has 98 valence electrons. The van der Waals surface area contributed by atoms with E-state index < -0.39 is 0 Å². The molecule has 0 aliphatic rings. The zero-order chi connectivity index (χ0) is 13.8. The van der Waals surface area contributed by atoms with Gasteiger partial charge in [0.05, 0.1) is 11.6 Å². The van der Waals surface area contributed by atoms with Crippen LogP contribution in [-0.4, -0.2) is 16.5 Å². The zero-order valence-corrected chi connectivity index (χ0v) is 11.2. The number of hydrogen-bond acceptors (Lipinski definition) is 2. The molecule has 0 aliphatic carbocycles. The van der Waals surface area contributed by atoms with Crippen molar-refractivity contribution in [2.45, 2.75) is 32.9 Å². The Morgan fingerprint density at radius 2 is 2.21 bits per heavy atom. The summed E-state index contributed by atoms with van der Waals surface area (Å²) in [6, 6.07) is 9.85. The van der Waals surface area contributed by atoms with Crippen molar-refractivity contribution in [3.05, 3.63) is 36.0 Å². The van der Waals surface area contributed by atoms with E-state index in [0.29, 0.717) is 18.5 Å². The Bertz CT molecular complexity index is 634. The van der Waals surface area contributed by atoms with Gasteiger partial charge >= 0.3 is 0 Å². The smallest absolute Gasteiger partial charge is 0.221 e. The average Bonchev–Trinajstić information content (AvgIpc) is 2.77. The normalized spacial score (nSPS) is 10.6. The highest BCUT2D eigenvalue weighted by Crippen LogP contribution is 2.17. The van der Waals surface area contributed by atoms with E-state index >= 15 is 0 Å². The molecule has 2 rings (SSSR count). The molecule has 19 heavy (non-hydrogen) atoms. The number of hydrogen-bond donors (Lipinski definition) is 1. The molecule has 1 heterocycles. The molecule has 2 aromatic rings. The number of aromatic nitrogens is 1. The molecule has 0 saturated carbocycles. The van der Waals surface area contributed by atoms with E-state index in [1.54, 1.807) is 6.07 Å². The highest BCUT2D eigenvalue weighted by atomic mass is 16.1. The molecular formula is C15H17N3O. The Hall–Kier alpha value is -2.28. The number of rotatable bonds is 4. The molecule has 0 aliphatic heterocycles. The SMILES string of the molecule is CC(C)NC(=O)CCn1ccc2cc(C#N)ccc21. The van der Waals surface area contributed by atoms with Crippen LogP contribution in [0.5, 0.6) is 0 Å². The summed E-state index contributed by atoms with van der Waals surface area (Å²) in [6.45, 7) is 4.55. The molecule has 0 atom stereocenters. The number of nitrogens with zero attached hydrogens (tertiary/aromatic N) is 2. The fourth-order valence-corrected chi connectivity index (χ4v) is 2.08. The second kappa shape index (κ2) is 5.57. The van der Waals surface area contributed by atoms with Gasteiger partial charge in [0.1, 0.15) is 0 Å². The van der Waals surface area contributed by atoms with Crippen molar-refractivity contribution < 1.29 is 4.79 Å². The van der Waals surface area contributed by atoms with Crippen molar-refractivity contribution >= 4 is 16.8 Å². The van der Waals surface area contributed by atoms with Crippen LogP contribution in [0.25, 0.3) is 10.9 Å². The quantitative estimate of drug-likeness (QED) is 0.912. The first-order valence-electron chi connectivity index (χ1n) is 6.38. The van der Waals surface area contributed by atoms with Gasteiger partial charge in [-0.25, -0.2) is 0 Å². The van der Waals surface area contributed by atoms with Gasteiger partial charge in [0, 0.05) is 36.1 Å². The second-order valence-electron chi connectivity index (χ2n) is 4.87. The first-order chi connectivity index (χ1) is 9.10. The van der Waals surface area contributed by atoms with E-state index in [2.05, 4.69) is 11.4 Å². The molecule has 0 spiro atoms. The van der Waals surface area contributed by atoms with Crippen molar-refractivity contribution in [3.63, 3.8) is 0 Å². The van der Waals surface area contributed by atoms with Crippen molar-refractivity contribution in [2.75, 3.05) is 0 Å². The summed E-state index contributed by atoms with van der Waals surface area (Å²) >= 11 is 0. The fraction of sp³-hybridized carbons (Fsp3) is 0.333. The predicted octanol–water partition coefficient (Wildman–Crippen LogP) is 2.43. The molecule has 1 aromatic carbocycles. The van der Waals surface area contributed by atoms with Crippen LogP contribution in [0.3, 0.4) is 0 Å². The third kappa shape index (κ3) is 3.14. The minimum Gasteiger partial charge on any atom is -0.354 e. The Morgan fingerprint density at radius 1 is 1.42 bits per heavy atom. The maximum atomic E-state index is 11.6. The third-order valence-electron chi connectivity index (χ3n) is 2.93. The summed E-state index contributed by atoms with van der Waals surface area (Å²) < 4.78 is 2.04. The average molecular weight is 255 g/mol. The number of nitrogens with one attached hydrogen (secondary N) is 1. The lowest BCUT2D eigenvalue weighted by molar-refractivity contribution is -0.121. The largest absolute Gasteiger partial charge is 0.354 e. The Morgan fingerprint density at radius 3 is 2.89 bits per heavy atom. The van der Waals surface area contributed by atoms with Crippen LogP contribution in [0.4, 0.5) is 0 Å². The molecule has 1 aromatic heterocycles. The molecule has 0 radical (unpaired) electrons. The molecule has 0 unspecified atom stereocenters. The Balaban J connectivity index is 2.10. The maximum absolute atomic E-state index is 11.6. The first kappa shape index (κ1) is 13.2. The van der Waals surface area contributed by atoms with Crippen LogP contribution in [-0.2, 0) is 11.3 Å². The van der Waals surface area contributed by atoms with Gasteiger partial charge in [-0.3, -0.25) is 4.79 Å². The van der Waals surface area contributed by atoms with Crippen LogP contribution < -0.4 is 5.32 Å². The van der Waals surface area contributed by atoms with Crippen LogP contribution in [0.15, 0.2) is 30.5 Å². The molecule has 1 N–H and O–H groups in total. The number of benzene rings is 1. The lowest BCUT2D eigenvalue weighted by Gasteiger charge is -2.09. The second-order valence-corrected chi connectivity index (χ2v) is 4.87. The van der Waals surface area contributed by atoms with Crippen molar-refractivity contribution in [2.24, 2.45) is 0 Å². The fourth-order valence-electron chi connectivity index (χ4n) is 2.08. The molecule has 4 heteroatoms. The van der Waals surface area contributed by atoms with Gasteiger partial charge in [0.25, 0.3) is 0 Å². The minimum absolute atomic E-state index is 0.0606. The van der Waals surface area contributed by atoms with Crippen molar-refractivity contribution in [3.8, 4) is 6.07 Å². The number of carbonyl (C=O) groups excluding carboxylic acids is 1. The van der Waals surface area contributed by atoms with Crippen molar-refractivity contribution in [1.82, 2.24) is 9.88 Å². The van der Waals surface area contributed by atoms with Crippen LogP contribution in [0.2, 0.25) is 0 Å². The van der Waals surface area contributed by atoms with E-state index in [1.165, 1.54) is 0 Å². The standard InChI is InChI=1S/C15H17N3O/c1-11(2)17-15(19)6-8-18-7-5-13-9-12(10-16)3-4-14(13)18/h3-5,7,9,11H,6,8H2,1-2H3,(H,17,19). The topological polar surface area (TPSA) is 57.8 Å². The van der Waals surface area contributed by atoms with Gasteiger partial charge in [-0.2, -0.15) is 5.26 Å². The van der Waals surface area contributed by atoms with Gasteiger partial charge in [0.2, 0.25) is 5.91 Å². The predicted molar refractivity (Wildman–Crippen MR) is 74.5 cm³/mol. The molecule has 1 amide bonds. The maximum Gasteiger partial charge on any atom is 0.221 e. The zero-order valence-electron chi connectivity index (χ0n) is 11.2. The van der Waals surface area contributed by atoms with Gasteiger partial charge < -0.3 is 9.88 Å². The summed E-state index contributed by atoms with van der Waals surface area (Å²) in [5, 5.41) is 12.8. The van der Waals surface area contributed by atoms with Crippen LogP contribution >= 0.6 is 0 Å². The summed E-state index contributed by atoms with van der Waals surface area (Å²) in [5.41, 5.74) is 1.71. The third-order valence-corrected chi connectivity index (χ3v) is 2.93. The van der Waals surface area contributed by atoms with Gasteiger partial charge in [0.15, 0.2) is 0 Å². The van der Waals surface area contributed by atoms with E-state index in [4.69, 9.17) is 5.26 Å². The van der Waals surface area contributed by atoms with E-state index in [-0.39, 0.29) is 11.9 Å². The molecule has 0 bridgehead atoms. The number of aryl methyl sites for hydroxylation is 1. The number of fused-ring (bicyclic) bond motifs is 1. The van der Waals surface area contributed by atoms with E-state index in [1.807, 2.05) is 42.8 Å². The van der Waals surface area contributed by atoms with Gasteiger partial charge in [-0.1, -0.05) is 0 Å². The van der Waals surface area contributed by atoms with E-state index in [9.17, 15) is 4.79 Å². The number of nitriles is 1. The van der Waals surface area contributed by atoms with E-state index in [0.717, 1.165) is 10.9 Å². The van der Waals surface area contributed by atoms with Gasteiger partial charge in [-0.05, 0) is 38.1 Å². The van der Waals surface area contributed by atoms with Crippen molar-refractivity contribution in [1.29, 1.82) is 5.26 Å². The summed E-state index contributed by atoms with van der Waals surface area (Å²) in [6.07, 6.45) is 2.41. The lowest BCUT2D eigenvalue weighted by atomic mass is 10.2. The molecular weight excluding hydrogens is 238 g/mol. The highest BCUT2D eigenvalue weighted by Gasteiger charge is 2.06. The summed E-state index contributed by atoms with van der Waals surface area (Å²) in [5.74, 6) is 0.0606. The Kier molecular flexibility index (Phi) is 3.86. The number of carbonyl (C=O) groups is 1. The summed E-state index contributed by atoms with van der Waals surface area (Å²) in [7, 11) is 0. The molecule has 0 saturated heterocycles. The monoisotopic (exact) mass is 255 g/mol. The minimum atomic E-state index is 0.0606. The van der Waals surface area contributed by atoms with Gasteiger partial charge in [-0.15, -0.1) is 0 Å². The van der Waals surface area contributed by atoms with Crippen LogP contribution in [0.1, 0.15) is 25.8 Å².